The highest BCUT2D eigenvalue weighted by Gasteiger charge is 2.04. The van der Waals surface area contributed by atoms with Crippen LogP contribution >= 0.6 is 0 Å². The van der Waals surface area contributed by atoms with Crippen molar-refractivity contribution in [2.45, 2.75) is 0 Å². The average molecular weight is 162 g/mol. The fourth-order valence-electron chi connectivity index (χ4n) is 1.05. The molecule has 2 rings (SSSR count). The van der Waals surface area contributed by atoms with Gasteiger partial charge in [-0.05, 0) is 6.07 Å². The van der Waals surface area contributed by atoms with Crippen LogP contribution < -0.4 is 5.01 Å². The second kappa shape index (κ2) is 2.48. The van der Waals surface area contributed by atoms with Gasteiger partial charge in [0, 0.05) is 20.3 Å². The number of hydrogen-bond donors (Lipinski definition) is 0. The third-order valence-corrected chi connectivity index (χ3v) is 1.74. The molecule has 0 amide bonds. The van der Waals surface area contributed by atoms with Gasteiger partial charge in [-0.3, -0.25) is 9.66 Å². The summed E-state index contributed by atoms with van der Waals surface area (Å²) in [6, 6.07) is 1.90. The molecule has 2 aliphatic heterocycles. The molecule has 0 bridgehead atoms. The number of aromatic nitrogens is 3. The number of rotatable bonds is 1. The fourth-order valence-corrected chi connectivity index (χ4v) is 1.05. The first-order valence-corrected chi connectivity index (χ1v) is 3.74. The minimum Gasteiger partial charge on any atom is -0.318 e. The van der Waals surface area contributed by atoms with Gasteiger partial charge in [0.2, 0.25) is 0 Å². The van der Waals surface area contributed by atoms with E-state index in [1.807, 2.05) is 36.0 Å². The van der Waals surface area contributed by atoms with Gasteiger partial charge in [0.15, 0.2) is 0 Å². The van der Waals surface area contributed by atoms with Gasteiger partial charge in [0.1, 0.15) is 12.0 Å². The van der Waals surface area contributed by atoms with Crippen molar-refractivity contribution in [1.82, 2.24) is 14.6 Å². The van der Waals surface area contributed by atoms with Crippen molar-refractivity contribution in [2.24, 2.45) is 0 Å². The maximum Gasteiger partial charge on any atom is 0.115 e. The van der Waals surface area contributed by atoms with Gasteiger partial charge in [-0.25, -0.2) is 4.98 Å². The molecule has 0 radical (unpaired) electrons. The summed E-state index contributed by atoms with van der Waals surface area (Å²) >= 11 is 0. The predicted octanol–water partition coefficient (Wildman–Crippen LogP) is 0.580. The molecule has 0 aromatic heterocycles. The first kappa shape index (κ1) is 7.09. The molecule has 0 saturated carbocycles. The molecule has 0 aliphatic carbocycles. The minimum absolute atomic E-state index is 0.922. The van der Waals surface area contributed by atoms with E-state index in [1.54, 1.807) is 12.5 Å². The van der Waals surface area contributed by atoms with E-state index in [1.165, 1.54) is 0 Å². The first-order valence-electron chi connectivity index (χ1n) is 3.74. The predicted molar refractivity (Wildman–Crippen MR) is 46.7 cm³/mol. The molecular weight excluding hydrogens is 152 g/mol. The fraction of sp³-hybridized carbons (Fsp3) is 0.250. The van der Waals surface area contributed by atoms with E-state index in [-0.39, 0.29) is 0 Å². The van der Waals surface area contributed by atoms with E-state index < -0.39 is 0 Å². The maximum absolute atomic E-state index is 4.22. The van der Waals surface area contributed by atoms with Crippen LogP contribution in [0.5, 0.6) is 0 Å². The molecule has 12 heavy (non-hydrogen) atoms. The summed E-state index contributed by atoms with van der Waals surface area (Å²) in [6.07, 6.45) is 5.48. The Morgan fingerprint density at radius 3 is 2.83 bits per heavy atom. The molecule has 0 fully saturated rings. The Kier molecular flexibility index (Phi) is 1.46. The zero-order chi connectivity index (χ0) is 8.55. The van der Waals surface area contributed by atoms with Gasteiger partial charge < -0.3 is 5.01 Å². The molecule has 0 aromatic rings. The molecule has 0 saturated heterocycles. The van der Waals surface area contributed by atoms with E-state index in [0.29, 0.717) is 0 Å². The Morgan fingerprint density at radius 2 is 2.08 bits per heavy atom. The maximum atomic E-state index is 4.22. The van der Waals surface area contributed by atoms with E-state index in [9.17, 15) is 0 Å². The second-order valence-electron chi connectivity index (χ2n) is 2.82. The van der Waals surface area contributed by atoms with Crippen LogP contribution in [0.25, 0.3) is 11.4 Å². The van der Waals surface area contributed by atoms with E-state index in [2.05, 4.69) is 9.97 Å². The molecule has 0 N–H and O–H groups in total. The number of fused-ring (bicyclic) bond motifs is 1. The molecule has 0 aromatic carbocycles. The Balaban J connectivity index is 2.54. The summed E-state index contributed by atoms with van der Waals surface area (Å²) in [5.41, 5.74) is 1.86. The Hall–Kier alpha value is -1.58. The summed E-state index contributed by atoms with van der Waals surface area (Å²) in [4.78, 5) is 8.37. The highest BCUT2D eigenvalue weighted by molar-refractivity contribution is 5.53. The van der Waals surface area contributed by atoms with Crippen molar-refractivity contribution in [3.05, 3.63) is 24.8 Å². The molecule has 62 valence electrons. The first-order chi connectivity index (χ1) is 5.77. The average Bonchev–Trinajstić information content (AvgIpc) is 2.49. The second-order valence-corrected chi connectivity index (χ2v) is 2.82. The van der Waals surface area contributed by atoms with Crippen LogP contribution in [0.1, 0.15) is 0 Å². The summed E-state index contributed by atoms with van der Waals surface area (Å²) in [5, 5.41) is 1.93. The molecule has 2 aliphatic rings. The van der Waals surface area contributed by atoms with Gasteiger partial charge in [-0.1, -0.05) is 0 Å². The zero-order valence-corrected chi connectivity index (χ0v) is 7.10. The van der Waals surface area contributed by atoms with Crippen molar-refractivity contribution in [2.75, 3.05) is 19.1 Å². The summed E-state index contributed by atoms with van der Waals surface area (Å²) in [6.45, 7) is 0. The number of nitrogens with zero attached hydrogens (tertiary/aromatic N) is 4. The quantitative estimate of drug-likeness (QED) is 0.615. The lowest BCUT2D eigenvalue weighted by molar-refractivity contribution is 0.707. The lowest BCUT2D eigenvalue weighted by atomic mass is 10.3. The Bertz CT molecular complexity index is 352. The largest absolute Gasteiger partial charge is 0.318 e. The third-order valence-electron chi connectivity index (χ3n) is 1.74. The highest BCUT2D eigenvalue weighted by atomic mass is 15.5. The van der Waals surface area contributed by atoms with Crippen LogP contribution in [0.2, 0.25) is 0 Å². The summed E-state index contributed by atoms with van der Waals surface area (Å²) in [7, 11) is 3.91. The Labute approximate surface area is 70.8 Å². The monoisotopic (exact) mass is 162 g/mol. The minimum atomic E-state index is 0.922. The SMILES string of the molecule is CN(C)n1cnc2ccnc-2c1. The molecule has 4 heteroatoms. The van der Waals surface area contributed by atoms with E-state index in [4.69, 9.17) is 0 Å². The van der Waals surface area contributed by atoms with E-state index in [0.717, 1.165) is 11.4 Å². The Morgan fingerprint density at radius 1 is 1.25 bits per heavy atom. The van der Waals surface area contributed by atoms with Crippen LogP contribution in [0, 0.1) is 0 Å². The van der Waals surface area contributed by atoms with Crippen LogP contribution in [0.4, 0.5) is 0 Å². The summed E-state index contributed by atoms with van der Waals surface area (Å²) < 4.78 is 1.88. The van der Waals surface area contributed by atoms with Gasteiger partial charge in [-0.15, -0.1) is 0 Å². The standard InChI is InChI=1S/C8H10N4/c1-11(2)12-5-8-7(10-6-12)3-4-9-8/h3-6H,1-2H3. The van der Waals surface area contributed by atoms with Crippen molar-refractivity contribution >= 4 is 0 Å². The smallest absolute Gasteiger partial charge is 0.115 e. The van der Waals surface area contributed by atoms with Crippen LogP contribution in [-0.2, 0) is 0 Å². The molecule has 2 heterocycles. The third kappa shape index (κ3) is 1.01. The lowest BCUT2D eigenvalue weighted by Crippen LogP contribution is -2.24. The van der Waals surface area contributed by atoms with Crippen molar-refractivity contribution in [3.8, 4) is 11.4 Å². The van der Waals surface area contributed by atoms with Gasteiger partial charge in [0.25, 0.3) is 0 Å². The molecule has 0 unspecified atom stereocenters. The van der Waals surface area contributed by atoms with Crippen LogP contribution in [0.3, 0.4) is 0 Å². The van der Waals surface area contributed by atoms with Gasteiger partial charge in [0.05, 0.1) is 11.9 Å². The van der Waals surface area contributed by atoms with Crippen molar-refractivity contribution in [1.29, 1.82) is 0 Å². The zero-order valence-electron chi connectivity index (χ0n) is 7.10. The molecule has 0 atom stereocenters. The highest BCUT2D eigenvalue weighted by Crippen LogP contribution is 2.14. The molecule has 4 nitrogen and oxygen atoms in total. The van der Waals surface area contributed by atoms with E-state index >= 15 is 0 Å². The van der Waals surface area contributed by atoms with Crippen molar-refractivity contribution in [3.63, 3.8) is 0 Å². The van der Waals surface area contributed by atoms with Gasteiger partial charge >= 0.3 is 0 Å². The number of hydrogen-bond acceptors (Lipinski definition) is 3. The van der Waals surface area contributed by atoms with Crippen LogP contribution in [-0.4, -0.2) is 28.7 Å². The van der Waals surface area contributed by atoms with Gasteiger partial charge in [-0.2, -0.15) is 0 Å². The molecular formula is C8H10N4. The molecule has 0 spiro atoms. The topological polar surface area (TPSA) is 34.0 Å². The lowest BCUT2D eigenvalue weighted by Gasteiger charge is -2.16. The van der Waals surface area contributed by atoms with Crippen molar-refractivity contribution < 1.29 is 0 Å². The summed E-state index contributed by atoms with van der Waals surface area (Å²) in [5.74, 6) is 0. The van der Waals surface area contributed by atoms with Crippen LogP contribution in [0.15, 0.2) is 24.8 Å². The normalized spacial score (nSPS) is 10.5.